The summed E-state index contributed by atoms with van der Waals surface area (Å²) in [4.78, 5) is 11.9. The molecule has 6 heteroatoms. The molecule has 2 aromatic rings. The number of hydrogen-bond donors (Lipinski definition) is 1. The van der Waals surface area contributed by atoms with Gasteiger partial charge in [0.25, 0.3) is 5.91 Å². The number of nitrogens with one attached hydrogen (secondary N) is 1. The van der Waals surface area contributed by atoms with Crippen molar-refractivity contribution < 1.29 is 23.4 Å². The second kappa shape index (κ2) is 7.49. The highest BCUT2D eigenvalue weighted by atomic mass is 19.1. The molecule has 0 heterocycles. The van der Waals surface area contributed by atoms with E-state index in [2.05, 4.69) is 5.32 Å². The third kappa shape index (κ3) is 4.12. The average molecular weight is 319 g/mol. The van der Waals surface area contributed by atoms with Crippen LogP contribution in [-0.4, -0.2) is 26.7 Å². The van der Waals surface area contributed by atoms with Crippen LogP contribution in [0.1, 0.15) is 5.56 Å². The molecule has 0 fully saturated rings. The molecule has 0 bridgehead atoms. The number of halogens is 1. The zero-order valence-corrected chi connectivity index (χ0v) is 13.2. The highest BCUT2D eigenvalue weighted by Gasteiger charge is 2.13. The van der Waals surface area contributed by atoms with Crippen LogP contribution in [0.15, 0.2) is 36.4 Å². The van der Waals surface area contributed by atoms with Crippen molar-refractivity contribution >= 4 is 11.6 Å². The number of para-hydroxylation sites is 1. The SMILES string of the molecule is COc1cccc(OC)c1OCC(=O)Nc1ccc(C)c(F)c1. The van der Waals surface area contributed by atoms with Gasteiger partial charge < -0.3 is 19.5 Å². The van der Waals surface area contributed by atoms with Gasteiger partial charge >= 0.3 is 0 Å². The van der Waals surface area contributed by atoms with Crippen LogP contribution < -0.4 is 19.5 Å². The van der Waals surface area contributed by atoms with Crippen LogP contribution in [0.25, 0.3) is 0 Å². The molecule has 0 radical (unpaired) electrons. The Morgan fingerprint density at radius 3 is 2.35 bits per heavy atom. The summed E-state index contributed by atoms with van der Waals surface area (Å²) in [6, 6.07) is 9.63. The van der Waals surface area contributed by atoms with Crippen LogP contribution in [0.2, 0.25) is 0 Å². The molecule has 0 aliphatic carbocycles. The Morgan fingerprint density at radius 2 is 1.78 bits per heavy atom. The van der Waals surface area contributed by atoms with Crippen molar-refractivity contribution in [3.05, 3.63) is 47.8 Å². The fraction of sp³-hybridized carbons (Fsp3) is 0.235. The van der Waals surface area contributed by atoms with Crippen LogP contribution in [-0.2, 0) is 4.79 Å². The minimum absolute atomic E-state index is 0.258. The first-order valence-electron chi connectivity index (χ1n) is 6.95. The van der Waals surface area contributed by atoms with E-state index in [0.29, 0.717) is 28.5 Å². The van der Waals surface area contributed by atoms with Gasteiger partial charge in [0.2, 0.25) is 5.75 Å². The van der Waals surface area contributed by atoms with E-state index in [-0.39, 0.29) is 12.4 Å². The number of methoxy groups -OCH3 is 2. The van der Waals surface area contributed by atoms with Crippen molar-refractivity contribution in [3.63, 3.8) is 0 Å². The van der Waals surface area contributed by atoms with E-state index < -0.39 is 5.91 Å². The monoisotopic (exact) mass is 319 g/mol. The van der Waals surface area contributed by atoms with Gasteiger partial charge in [-0.1, -0.05) is 12.1 Å². The van der Waals surface area contributed by atoms with Crippen molar-refractivity contribution in [2.45, 2.75) is 6.92 Å². The second-order valence-corrected chi connectivity index (χ2v) is 4.79. The molecule has 1 amide bonds. The van der Waals surface area contributed by atoms with Gasteiger partial charge in [-0.15, -0.1) is 0 Å². The Kier molecular flexibility index (Phi) is 5.41. The summed E-state index contributed by atoms with van der Waals surface area (Å²) in [5, 5.41) is 2.57. The number of benzene rings is 2. The lowest BCUT2D eigenvalue weighted by molar-refractivity contribution is -0.118. The molecule has 2 rings (SSSR count). The van der Waals surface area contributed by atoms with Gasteiger partial charge in [-0.05, 0) is 36.8 Å². The maximum atomic E-state index is 13.5. The van der Waals surface area contributed by atoms with Gasteiger partial charge in [-0.25, -0.2) is 4.39 Å². The van der Waals surface area contributed by atoms with Gasteiger partial charge in [0.1, 0.15) is 5.82 Å². The van der Waals surface area contributed by atoms with E-state index in [4.69, 9.17) is 14.2 Å². The van der Waals surface area contributed by atoms with Gasteiger partial charge in [-0.2, -0.15) is 0 Å². The summed E-state index contributed by atoms with van der Waals surface area (Å²) >= 11 is 0. The van der Waals surface area contributed by atoms with E-state index >= 15 is 0 Å². The maximum absolute atomic E-state index is 13.5. The van der Waals surface area contributed by atoms with Crippen LogP contribution in [0.4, 0.5) is 10.1 Å². The lowest BCUT2D eigenvalue weighted by Crippen LogP contribution is -2.20. The number of carbonyl (C=O) groups excluding carboxylic acids is 1. The van der Waals surface area contributed by atoms with Crippen LogP contribution >= 0.6 is 0 Å². The second-order valence-electron chi connectivity index (χ2n) is 4.79. The molecule has 0 aromatic heterocycles. The molecule has 0 aliphatic rings. The molecule has 0 saturated heterocycles. The number of aryl methyl sites for hydroxylation is 1. The first-order chi connectivity index (χ1) is 11.0. The molecule has 2 aromatic carbocycles. The predicted octanol–water partition coefficient (Wildman–Crippen LogP) is 3.17. The minimum atomic E-state index is -0.416. The van der Waals surface area contributed by atoms with Gasteiger partial charge in [0.15, 0.2) is 18.1 Å². The van der Waals surface area contributed by atoms with Crippen LogP contribution in [0.5, 0.6) is 17.2 Å². The normalized spacial score (nSPS) is 10.1. The highest BCUT2D eigenvalue weighted by molar-refractivity contribution is 5.92. The lowest BCUT2D eigenvalue weighted by Gasteiger charge is -2.14. The Bertz CT molecular complexity index is 681. The van der Waals surface area contributed by atoms with Crippen molar-refractivity contribution in [1.29, 1.82) is 0 Å². The standard InChI is InChI=1S/C17H18FNO4/c1-11-7-8-12(9-13(11)18)19-16(20)10-23-17-14(21-2)5-4-6-15(17)22-3/h4-9H,10H2,1-3H3,(H,19,20). The number of ether oxygens (including phenoxy) is 3. The lowest BCUT2D eigenvalue weighted by atomic mass is 10.2. The van der Waals surface area contributed by atoms with E-state index in [1.807, 2.05) is 0 Å². The third-order valence-electron chi connectivity index (χ3n) is 3.19. The Balaban J connectivity index is 2.03. The summed E-state index contributed by atoms with van der Waals surface area (Å²) in [7, 11) is 2.99. The average Bonchev–Trinajstić information content (AvgIpc) is 2.55. The number of rotatable bonds is 6. The summed E-state index contributed by atoms with van der Waals surface area (Å²) < 4.78 is 29.3. The Hall–Kier alpha value is -2.76. The fourth-order valence-corrected chi connectivity index (χ4v) is 1.96. The van der Waals surface area contributed by atoms with Crippen molar-refractivity contribution in [2.24, 2.45) is 0 Å². The third-order valence-corrected chi connectivity index (χ3v) is 3.19. The van der Waals surface area contributed by atoms with Gasteiger partial charge in [0.05, 0.1) is 14.2 Å². The van der Waals surface area contributed by atoms with Crippen molar-refractivity contribution in [3.8, 4) is 17.2 Å². The fourth-order valence-electron chi connectivity index (χ4n) is 1.96. The Morgan fingerprint density at radius 1 is 1.13 bits per heavy atom. The van der Waals surface area contributed by atoms with Crippen LogP contribution in [0.3, 0.4) is 0 Å². The molecule has 0 spiro atoms. The van der Waals surface area contributed by atoms with E-state index in [1.165, 1.54) is 20.3 Å². The minimum Gasteiger partial charge on any atom is -0.493 e. The number of anilines is 1. The predicted molar refractivity (Wildman–Crippen MR) is 84.8 cm³/mol. The highest BCUT2D eigenvalue weighted by Crippen LogP contribution is 2.36. The molecule has 0 atom stereocenters. The molecule has 0 saturated carbocycles. The number of hydrogen-bond acceptors (Lipinski definition) is 4. The van der Waals surface area contributed by atoms with E-state index in [0.717, 1.165) is 0 Å². The maximum Gasteiger partial charge on any atom is 0.262 e. The molecule has 23 heavy (non-hydrogen) atoms. The topological polar surface area (TPSA) is 56.8 Å². The molecule has 0 unspecified atom stereocenters. The van der Waals surface area contributed by atoms with E-state index in [9.17, 15) is 9.18 Å². The molecular formula is C17H18FNO4. The summed E-state index contributed by atoms with van der Waals surface area (Å²) in [5.74, 6) is 0.455. The van der Waals surface area contributed by atoms with E-state index in [1.54, 1.807) is 37.3 Å². The van der Waals surface area contributed by atoms with Gasteiger partial charge in [0, 0.05) is 5.69 Å². The number of amides is 1. The molecule has 1 N–H and O–H groups in total. The Labute approximate surface area is 134 Å². The smallest absolute Gasteiger partial charge is 0.262 e. The number of carbonyl (C=O) groups is 1. The molecule has 5 nitrogen and oxygen atoms in total. The molecule has 0 aliphatic heterocycles. The quantitative estimate of drug-likeness (QED) is 0.888. The van der Waals surface area contributed by atoms with Crippen LogP contribution in [0, 0.1) is 12.7 Å². The first-order valence-corrected chi connectivity index (χ1v) is 6.95. The molecule has 122 valence electrons. The van der Waals surface area contributed by atoms with Gasteiger partial charge in [-0.3, -0.25) is 4.79 Å². The van der Waals surface area contributed by atoms with Crippen molar-refractivity contribution in [1.82, 2.24) is 0 Å². The summed E-state index contributed by atoms with van der Waals surface area (Å²) in [6.07, 6.45) is 0. The summed E-state index contributed by atoms with van der Waals surface area (Å²) in [6.45, 7) is 1.39. The zero-order valence-electron chi connectivity index (χ0n) is 13.2. The molecular weight excluding hydrogens is 301 g/mol. The first kappa shape index (κ1) is 16.6. The van der Waals surface area contributed by atoms with Crippen molar-refractivity contribution in [2.75, 3.05) is 26.1 Å². The largest absolute Gasteiger partial charge is 0.493 e. The summed E-state index contributed by atoms with van der Waals surface area (Å²) in [5.41, 5.74) is 0.881. The zero-order chi connectivity index (χ0) is 16.8.